The van der Waals surface area contributed by atoms with Crippen molar-refractivity contribution in [3.8, 4) is 0 Å². The molecule has 1 aliphatic rings. The number of imidazole rings is 1. The quantitative estimate of drug-likeness (QED) is 0.571. The highest BCUT2D eigenvalue weighted by molar-refractivity contribution is 7.98. The molecule has 2 heterocycles. The van der Waals surface area contributed by atoms with Crippen molar-refractivity contribution in [1.82, 2.24) is 9.55 Å². The van der Waals surface area contributed by atoms with Gasteiger partial charge in [-0.05, 0) is 42.7 Å². The minimum Gasteiger partial charge on any atom is -0.394 e. The maximum absolute atomic E-state index is 10.6. The predicted octanol–water partition coefficient (Wildman–Crippen LogP) is 2.56. The number of rotatable bonds is 5. The lowest BCUT2D eigenvalue weighted by Gasteiger charge is -2.20. The first-order valence-corrected chi connectivity index (χ1v) is 10.3. The van der Waals surface area contributed by atoms with Crippen molar-refractivity contribution in [3.63, 3.8) is 0 Å². The molecule has 0 aliphatic carbocycles. The minimum atomic E-state index is -1.15. The fourth-order valence-electron chi connectivity index (χ4n) is 3.49. The van der Waals surface area contributed by atoms with E-state index in [1.165, 1.54) is 5.56 Å². The number of aliphatic hydroxyl groups is 3. The Bertz CT molecular complexity index is 975. The number of ether oxygens (including phenoxy) is 1. The Morgan fingerprint density at radius 1 is 1.07 bits per heavy atom. The van der Waals surface area contributed by atoms with Crippen molar-refractivity contribution in [2.24, 2.45) is 0 Å². The van der Waals surface area contributed by atoms with Gasteiger partial charge in [-0.15, -0.1) is 0 Å². The van der Waals surface area contributed by atoms with Gasteiger partial charge in [0.05, 0.1) is 17.6 Å². The first-order chi connectivity index (χ1) is 13.5. The summed E-state index contributed by atoms with van der Waals surface area (Å²) in [6.07, 6.45) is -3.92. The fourth-order valence-corrected chi connectivity index (χ4v) is 4.48. The number of hydrogen-bond donors (Lipinski definition) is 3. The van der Waals surface area contributed by atoms with Crippen LogP contribution in [-0.2, 0) is 10.5 Å². The van der Waals surface area contributed by atoms with Crippen LogP contribution in [0.3, 0.4) is 0 Å². The van der Waals surface area contributed by atoms with Gasteiger partial charge in [0.2, 0.25) is 0 Å². The second kappa shape index (κ2) is 7.85. The Morgan fingerprint density at radius 3 is 2.46 bits per heavy atom. The van der Waals surface area contributed by atoms with Gasteiger partial charge in [-0.3, -0.25) is 4.57 Å². The van der Waals surface area contributed by atoms with Crippen LogP contribution in [0, 0.1) is 13.8 Å². The molecule has 0 bridgehead atoms. The average molecular weight is 401 g/mol. The van der Waals surface area contributed by atoms with E-state index in [4.69, 9.17) is 9.72 Å². The number of aromatic nitrogens is 2. The van der Waals surface area contributed by atoms with E-state index < -0.39 is 24.5 Å². The zero-order chi connectivity index (χ0) is 19.8. The Balaban J connectivity index is 1.76. The summed E-state index contributed by atoms with van der Waals surface area (Å²) in [6, 6.07) is 14.1. The summed E-state index contributed by atoms with van der Waals surface area (Å²) in [5.74, 6) is 0.719. The molecule has 4 atom stereocenters. The van der Waals surface area contributed by atoms with Gasteiger partial charge in [0.25, 0.3) is 0 Å². The van der Waals surface area contributed by atoms with Crippen molar-refractivity contribution in [3.05, 3.63) is 59.2 Å². The fraction of sp³-hybridized carbons (Fsp3) is 0.381. The normalized spacial score (nSPS) is 24.9. The van der Waals surface area contributed by atoms with Crippen molar-refractivity contribution in [1.29, 1.82) is 0 Å². The molecule has 28 heavy (non-hydrogen) atoms. The monoisotopic (exact) mass is 400 g/mol. The summed E-state index contributed by atoms with van der Waals surface area (Å²) in [7, 11) is 0. The van der Waals surface area contributed by atoms with E-state index in [1.807, 2.05) is 48.7 Å². The van der Waals surface area contributed by atoms with E-state index in [0.717, 1.165) is 27.9 Å². The second-order valence-electron chi connectivity index (χ2n) is 7.19. The molecule has 1 saturated heterocycles. The average Bonchev–Trinajstić information content (AvgIpc) is 3.18. The highest BCUT2D eigenvalue weighted by Crippen LogP contribution is 2.37. The Labute approximate surface area is 167 Å². The third kappa shape index (κ3) is 3.44. The molecule has 0 amide bonds. The molecule has 3 aromatic rings. The highest BCUT2D eigenvalue weighted by atomic mass is 32.2. The number of thioether (sulfide) groups is 1. The van der Waals surface area contributed by atoms with Gasteiger partial charge in [0.1, 0.15) is 18.3 Å². The Hall–Kier alpha value is -1.90. The first kappa shape index (κ1) is 19.4. The highest BCUT2D eigenvalue weighted by Gasteiger charge is 2.44. The van der Waals surface area contributed by atoms with Crippen LogP contribution < -0.4 is 0 Å². The number of hydrogen-bond acceptors (Lipinski definition) is 6. The molecule has 1 aliphatic heterocycles. The van der Waals surface area contributed by atoms with Crippen molar-refractivity contribution in [2.45, 2.75) is 49.3 Å². The number of nitrogens with zero attached hydrogens (tertiary/aromatic N) is 2. The van der Waals surface area contributed by atoms with Crippen LogP contribution in [0.4, 0.5) is 0 Å². The lowest BCUT2D eigenvalue weighted by atomic mass is 10.1. The van der Waals surface area contributed by atoms with Gasteiger partial charge >= 0.3 is 0 Å². The smallest absolute Gasteiger partial charge is 0.171 e. The van der Waals surface area contributed by atoms with Crippen LogP contribution in [0.25, 0.3) is 11.0 Å². The van der Waals surface area contributed by atoms with Gasteiger partial charge in [0.15, 0.2) is 11.4 Å². The third-order valence-electron chi connectivity index (χ3n) is 5.25. The van der Waals surface area contributed by atoms with Crippen LogP contribution in [-0.4, -0.2) is 49.8 Å². The van der Waals surface area contributed by atoms with Crippen LogP contribution >= 0.6 is 11.8 Å². The van der Waals surface area contributed by atoms with Crippen LogP contribution in [0.1, 0.15) is 22.9 Å². The summed E-state index contributed by atoms with van der Waals surface area (Å²) in [5.41, 5.74) is 5.07. The Morgan fingerprint density at radius 2 is 1.79 bits per heavy atom. The summed E-state index contributed by atoms with van der Waals surface area (Å²) >= 11 is 1.55. The molecule has 0 saturated carbocycles. The van der Waals surface area contributed by atoms with Gasteiger partial charge in [0, 0.05) is 5.75 Å². The number of aryl methyl sites for hydroxylation is 2. The van der Waals surface area contributed by atoms with Crippen LogP contribution in [0.2, 0.25) is 0 Å². The molecule has 1 fully saturated rings. The van der Waals surface area contributed by atoms with Gasteiger partial charge < -0.3 is 20.1 Å². The molecule has 1 aromatic heterocycles. The molecule has 4 rings (SSSR count). The molecule has 0 radical (unpaired) electrons. The summed E-state index contributed by atoms with van der Waals surface area (Å²) in [5, 5.41) is 31.0. The van der Waals surface area contributed by atoms with Gasteiger partial charge in [-0.25, -0.2) is 4.98 Å². The van der Waals surface area contributed by atoms with Crippen molar-refractivity contribution >= 4 is 22.8 Å². The number of fused-ring (bicyclic) bond motifs is 1. The third-order valence-corrected chi connectivity index (χ3v) is 6.28. The summed E-state index contributed by atoms with van der Waals surface area (Å²) < 4.78 is 7.66. The van der Waals surface area contributed by atoms with E-state index >= 15 is 0 Å². The second-order valence-corrected chi connectivity index (χ2v) is 8.14. The molecular formula is C21H24N2O4S. The van der Waals surface area contributed by atoms with Gasteiger partial charge in [-0.1, -0.05) is 42.1 Å². The number of aliphatic hydroxyl groups excluding tert-OH is 3. The maximum atomic E-state index is 10.6. The van der Waals surface area contributed by atoms with Crippen molar-refractivity contribution in [2.75, 3.05) is 6.61 Å². The predicted molar refractivity (Wildman–Crippen MR) is 108 cm³/mol. The molecule has 7 heteroatoms. The van der Waals surface area contributed by atoms with Gasteiger partial charge in [-0.2, -0.15) is 0 Å². The molecule has 148 valence electrons. The zero-order valence-corrected chi connectivity index (χ0v) is 16.6. The minimum absolute atomic E-state index is 0.355. The SMILES string of the molecule is Cc1cc2nc(SCc3ccccc3)n([C@H]3O[C@@H](CO)[C@@H](O)[C@H]3O)c2cc1C. The molecular weight excluding hydrogens is 376 g/mol. The summed E-state index contributed by atoms with van der Waals surface area (Å²) in [6.45, 7) is 3.71. The summed E-state index contributed by atoms with van der Waals surface area (Å²) in [4.78, 5) is 4.78. The van der Waals surface area contributed by atoms with E-state index in [0.29, 0.717) is 5.16 Å². The van der Waals surface area contributed by atoms with Crippen LogP contribution in [0.15, 0.2) is 47.6 Å². The van der Waals surface area contributed by atoms with E-state index in [9.17, 15) is 15.3 Å². The molecule has 6 nitrogen and oxygen atoms in total. The lowest BCUT2D eigenvalue weighted by molar-refractivity contribution is -0.0546. The van der Waals surface area contributed by atoms with E-state index in [2.05, 4.69) is 12.1 Å². The van der Waals surface area contributed by atoms with E-state index in [1.54, 1.807) is 11.8 Å². The topological polar surface area (TPSA) is 87.7 Å². The van der Waals surface area contributed by atoms with E-state index in [-0.39, 0.29) is 6.61 Å². The number of benzene rings is 2. The Kier molecular flexibility index (Phi) is 5.44. The first-order valence-electron chi connectivity index (χ1n) is 9.28. The lowest BCUT2D eigenvalue weighted by Crippen LogP contribution is -2.33. The van der Waals surface area contributed by atoms with Crippen LogP contribution in [0.5, 0.6) is 0 Å². The molecule has 2 aromatic carbocycles. The molecule has 0 spiro atoms. The zero-order valence-electron chi connectivity index (χ0n) is 15.8. The molecule has 3 N–H and O–H groups in total. The van der Waals surface area contributed by atoms with Crippen molar-refractivity contribution < 1.29 is 20.1 Å². The maximum Gasteiger partial charge on any atom is 0.171 e. The molecule has 0 unspecified atom stereocenters. The largest absolute Gasteiger partial charge is 0.394 e. The standard InChI is InChI=1S/C21H24N2O4S/c1-12-8-15-16(9-13(12)2)23(20-19(26)18(25)17(10-24)27-20)21(22-15)28-11-14-6-4-3-5-7-14/h3-9,17-20,24-26H,10-11H2,1-2H3/t17-,18+,19+,20-/m0/s1.